The van der Waals surface area contributed by atoms with Crippen LogP contribution < -0.4 is 4.90 Å². The third-order valence-corrected chi connectivity index (χ3v) is 6.68. The number of halogens is 3. The summed E-state index contributed by atoms with van der Waals surface area (Å²) in [5, 5.41) is 4.55. The molecule has 2 aliphatic carbocycles. The molecule has 2 aliphatic rings. The van der Waals surface area contributed by atoms with Crippen molar-refractivity contribution in [2.75, 3.05) is 11.5 Å². The summed E-state index contributed by atoms with van der Waals surface area (Å²) in [4.78, 5) is 27.8. The highest BCUT2D eigenvalue weighted by molar-refractivity contribution is 6.02. The molecule has 0 saturated heterocycles. The minimum Gasteiger partial charge on any atom is -0.462 e. The molecule has 1 atom stereocenters. The quantitative estimate of drug-likeness (QED) is 0.492. The fraction of sp³-hybridized carbons (Fsp3) is 0.708. The normalized spacial score (nSPS) is 23.9. The van der Waals surface area contributed by atoms with Crippen molar-refractivity contribution >= 4 is 23.4 Å². The number of allylic oxidation sites excluding steroid dienone is 2. The lowest BCUT2D eigenvalue weighted by molar-refractivity contribution is -0.175. The van der Waals surface area contributed by atoms with Gasteiger partial charge in [0.2, 0.25) is 5.91 Å². The zero-order valence-electron chi connectivity index (χ0n) is 19.8. The van der Waals surface area contributed by atoms with Crippen LogP contribution in [0.25, 0.3) is 5.70 Å². The number of carbonyl (C=O) groups excluding carboxylic acids is 2. The summed E-state index contributed by atoms with van der Waals surface area (Å²) in [6, 6.07) is -0.247. The monoisotopic (exact) mass is 469 g/mol. The molecule has 0 aliphatic heterocycles. The molecule has 9 heteroatoms. The Morgan fingerprint density at radius 2 is 1.88 bits per heavy atom. The molecule has 1 amide bonds. The maximum absolute atomic E-state index is 13.5. The molecule has 184 valence electrons. The molecule has 1 aromatic rings. The zero-order valence-corrected chi connectivity index (χ0v) is 19.8. The molecular formula is C24H34F3N3O3. The molecule has 6 nitrogen and oxygen atoms in total. The topological polar surface area (TPSA) is 64.4 Å². The van der Waals surface area contributed by atoms with Crippen molar-refractivity contribution in [1.82, 2.24) is 9.78 Å². The van der Waals surface area contributed by atoms with E-state index in [9.17, 15) is 22.8 Å². The molecule has 1 saturated carbocycles. The van der Waals surface area contributed by atoms with Gasteiger partial charge in [-0.05, 0) is 71.6 Å². The first-order valence-corrected chi connectivity index (χ1v) is 11.9. The molecule has 3 rings (SSSR count). The Morgan fingerprint density at radius 3 is 2.39 bits per heavy atom. The van der Waals surface area contributed by atoms with Gasteiger partial charge in [0.15, 0.2) is 5.82 Å². The predicted molar refractivity (Wildman–Crippen MR) is 120 cm³/mol. The molecule has 0 radical (unpaired) electrons. The number of alkyl halides is 3. The van der Waals surface area contributed by atoms with Crippen LogP contribution in [-0.2, 0) is 9.53 Å². The van der Waals surface area contributed by atoms with Gasteiger partial charge in [-0.25, -0.2) is 9.48 Å². The van der Waals surface area contributed by atoms with Gasteiger partial charge in [-0.3, -0.25) is 9.69 Å². The van der Waals surface area contributed by atoms with E-state index >= 15 is 0 Å². The average molecular weight is 470 g/mol. The molecule has 0 bridgehead atoms. The number of ether oxygens (including phenoxy) is 1. The van der Waals surface area contributed by atoms with Gasteiger partial charge in [0, 0.05) is 23.9 Å². The van der Waals surface area contributed by atoms with Crippen molar-refractivity contribution in [1.29, 1.82) is 0 Å². The standard InChI is InChI=1S/C24H34F3N3O3/c1-5-33-23(32)20-14-29(19-12-10-18(11-13-19)24(25,26)27)28-21(20)30(15(2)3)22(31)17-8-6-16(4)7-9-17/h12,14-18H,5-11,13H2,1-4H3/t16-,17-,18?. The van der Waals surface area contributed by atoms with Crippen LogP contribution in [0.15, 0.2) is 12.3 Å². The maximum atomic E-state index is 13.5. The van der Waals surface area contributed by atoms with Crippen LogP contribution in [0.3, 0.4) is 0 Å². The van der Waals surface area contributed by atoms with E-state index in [0.29, 0.717) is 11.6 Å². The number of aromatic nitrogens is 2. The summed E-state index contributed by atoms with van der Waals surface area (Å²) < 4.78 is 45.8. The van der Waals surface area contributed by atoms with E-state index in [1.54, 1.807) is 11.8 Å². The smallest absolute Gasteiger partial charge is 0.392 e. The molecule has 0 aromatic carbocycles. The van der Waals surface area contributed by atoms with Crippen LogP contribution in [-0.4, -0.2) is 40.5 Å². The number of anilines is 1. The summed E-state index contributed by atoms with van der Waals surface area (Å²) in [6.07, 6.45) is 2.35. The van der Waals surface area contributed by atoms with Gasteiger partial charge in [0.25, 0.3) is 0 Å². The van der Waals surface area contributed by atoms with Gasteiger partial charge in [-0.15, -0.1) is 5.10 Å². The molecule has 1 heterocycles. The number of hydrogen-bond acceptors (Lipinski definition) is 4. The molecule has 0 N–H and O–H groups in total. The lowest BCUT2D eigenvalue weighted by atomic mass is 9.82. The lowest BCUT2D eigenvalue weighted by Crippen LogP contribution is -2.43. The van der Waals surface area contributed by atoms with Crippen molar-refractivity contribution in [3.8, 4) is 0 Å². The van der Waals surface area contributed by atoms with E-state index in [-0.39, 0.29) is 55.1 Å². The largest absolute Gasteiger partial charge is 0.462 e. The van der Waals surface area contributed by atoms with Crippen LogP contribution >= 0.6 is 0 Å². The van der Waals surface area contributed by atoms with Gasteiger partial charge < -0.3 is 4.74 Å². The predicted octanol–water partition coefficient (Wildman–Crippen LogP) is 5.83. The van der Waals surface area contributed by atoms with Gasteiger partial charge in [-0.2, -0.15) is 13.2 Å². The first kappa shape index (κ1) is 25.3. The second kappa shape index (κ2) is 10.3. The SMILES string of the molecule is CCOC(=O)c1cn(C2=CCC(C(F)(F)F)CC2)nc1N(C(=O)[C@H]1CC[C@H](C)CC1)C(C)C. The van der Waals surface area contributed by atoms with Crippen LogP contribution in [0.5, 0.6) is 0 Å². The van der Waals surface area contributed by atoms with Crippen molar-refractivity contribution in [2.24, 2.45) is 17.8 Å². The first-order valence-electron chi connectivity index (χ1n) is 11.9. The zero-order chi connectivity index (χ0) is 24.3. The summed E-state index contributed by atoms with van der Waals surface area (Å²) in [7, 11) is 0. The minimum absolute atomic E-state index is 0.0354. The fourth-order valence-corrected chi connectivity index (χ4v) is 4.68. The highest BCUT2D eigenvalue weighted by Gasteiger charge is 2.40. The Balaban J connectivity index is 1.95. The Bertz CT molecular complexity index is 883. The van der Waals surface area contributed by atoms with Gasteiger partial charge in [0.05, 0.1) is 12.5 Å². The summed E-state index contributed by atoms with van der Waals surface area (Å²) >= 11 is 0. The van der Waals surface area contributed by atoms with Crippen LogP contribution in [0.1, 0.15) is 83.0 Å². The summed E-state index contributed by atoms with van der Waals surface area (Å²) in [5.74, 6) is -1.37. The summed E-state index contributed by atoms with van der Waals surface area (Å²) in [5.41, 5.74) is 0.747. The molecule has 0 spiro atoms. The van der Waals surface area contributed by atoms with Crippen molar-refractivity contribution in [3.05, 3.63) is 17.8 Å². The molecular weight excluding hydrogens is 435 g/mol. The number of hydrogen-bond donors (Lipinski definition) is 0. The highest BCUT2D eigenvalue weighted by atomic mass is 19.4. The Hall–Kier alpha value is -2.32. The Kier molecular flexibility index (Phi) is 7.90. The van der Waals surface area contributed by atoms with Gasteiger partial charge >= 0.3 is 12.1 Å². The van der Waals surface area contributed by atoms with Crippen LogP contribution in [0, 0.1) is 17.8 Å². The van der Waals surface area contributed by atoms with E-state index in [1.807, 2.05) is 13.8 Å². The second-order valence-corrected chi connectivity index (χ2v) is 9.50. The molecule has 1 aromatic heterocycles. The van der Waals surface area contributed by atoms with Crippen molar-refractivity contribution < 1.29 is 27.5 Å². The van der Waals surface area contributed by atoms with Crippen molar-refractivity contribution in [3.63, 3.8) is 0 Å². The second-order valence-electron chi connectivity index (χ2n) is 9.50. The number of amides is 1. The summed E-state index contributed by atoms with van der Waals surface area (Å²) in [6.45, 7) is 7.77. The van der Waals surface area contributed by atoms with Gasteiger partial charge in [0.1, 0.15) is 5.56 Å². The van der Waals surface area contributed by atoms with Crippen molar-refractivity contribution in [2.45, 2.75) is 84.9 Å². The number of esters is 1. The highest BCUT2D eigenvalue weighted by Crippen LogP contribution is 2.39. The van der Waals surface area contributed by atoms with Gasteiger partial charge in [-0.1, -0.05) is 13.0 Å². The van der Waals surface area contributed by atoms with E-state index in [4.69, 9.17) is 4.74 Å². The Labute approximate surface area is 193 Å². The van der Waals surface area contributed by atoms with E-state index in [2.05, 4.69) is 12.0 Å². The number of nitrogens with zero attached hydrogens (tertiary/aromatic N) is 3. The third-order valence-electron chi connectivity index (χ3n) is 6.68. The molecule has 1 fully saturated rings. The van der Waals surface area contributed by atoms with E-state index < -0.39 is 18.1 Å². The minimum atomic E-state index is -4.23. The molecule has 1 unspecified atom stereocenters. The van der Waals surface area contributed by atoms with Crippen LogP contribution in [0.4, 0.5) is 19.0 Å². The average Bonchev–Trinajstić information content (AvgIpc) is 3.18. The lowest BCUT2D eigenvalue weighted by Gasteiger charge is -2.32. The van der Waals surface area contributed by atoms with Crippen LogP contribution in [0.2, 0.25) is 0 Å². The Morgan fingerprint density at radius 1 is 1.21 bits per heavy atom. The van der Waals surface area contributed by atoms with E-state index in [1.165, 1.54) is 17.0 Å². The third kappa shape index (κ3) is 5.79. The first-order chi connectivity index (χ1) is 15.5. The fourth-order valence-electron chi connectivity index (χ4n) is 4.68. The van der Waals surface area contributed by atoms with E-state index in [0.717, 1.165) is 25.7 Å². The number of rotatable bonds is 6. The number of carbonyl (C=O) groups is 2. The molecule has 33 heavy (non-hydrogen) atoms. The maximum Gasteiger partial charge on any atom is 0.392 e.